The Morgan fingerprint density at radius 1 is 1.00 bits per heavy atom. The molecule has 0 saturated carbocycles. The van der Waals surface area contributed by atoms with Crippen molar-refractivity contribution in [2.24, 2.45) is 0 Å². The standard InChI is InChI=1S/C26H33BrF2N2SSi.HI/c1-15(2)33(16(3)4,17(5)6)31-11-10-19-24(31)14-23(29)20(25(19)27)12-18-8-9-22(28)21(13-18)26(30)32-7;/h8-11,13-17,30H,12H2,1-7H3;1H. The fourth-order valence-corrected chi connectivity index (χ4v) is 13.4. The molecule has 0 spiro atoms. The Kier molecular flexibility index (Phi) is 10.0. The maximum absolute atomic E-state index is 15.6. The van der Waals surface area contributed by atoms with Crippen LogP contribution in [-0.2, 0) is 6.42 Å². The number of nitrogens with zero attached hydrogens (tertiary/aromatic N) is 1. The summed E-state index contributed by atoms with van der Waals surface area (Å²) in [6, 6.07) is 8.46. The molecule has 2 aromatic carbocycles. The quantitative estimate of drug-likeness (QED) is 0.115. The molecule has 34 heavy (non-hydrogen) atoms. The van der Waals surface area contributed by atoms with Crippen LogP contribution in [0.4, 0.5) is 8.78 Å². The number of nitrogens with one attached hydrogen (secondary N) is 1. The van der Waals surface area contributed by atoms with E-state index in [1.807, 2.05) is 0 Å². The molecule has 1 aromatic heterocycles. The van der Waals surface area contributed by atoms with Crippen LogP contribution in [0.1, 0.15) is 58.2 Å². The second-order valence-electron chi connectivity index (χ2n) is 9.65. The number of thioether (sulfide) groups is 1. The predicted molar refractivity (Wildman–Crippen MR) is 161 cm³/mol. The highest BCUT2D eigenvalue weighted by molar-refractivity contribution is 14.0. The molecule has 0 aliphatic carbocycles. The van der Waals surface area contributed by atoms with E-state index in [0.717, 1.165) is 20.9 Å². The lowest BCUT2D eigenvalue weighted by molar-refractivity contribution is 0.613. The molecule has 0 aliphatic heterocycles. The highest BCUT2D eigenvalue weighted by atomic mass is 127. The van der Waals surface area contributed by atoms with Gasteiger partial charge < -0.3 is 4.23 Å². The van der Waals surface area contributed by atoms with Gasteiger partial charge in [0.1, 0.15) is 11.6 Å². The van der Waals surface area contributed by atoms with Crippen molar-refractivity contribution in [1.29, 1.82) is 5.41 Å². The predicted octanol–water partition coefficient (Wildman–Crippen LogP) is 9.60. The van der Waals surface area contributed by atoms with Gasteiger partial charge in [-0.25, -0.2) is 8.78 Å². The van der Waals surface area contributed by atoms with Gasteiger partial charge in [-0.15, -0.1) is 35.7 Å². The van der Waals surface area contributed by atoms with Crippen molar-refractivity contribution in [3.63, 3.8) is 0 Å². The number of rotatable bonds is 7. The highest BCUT2D eigenvalue weighted by Crippen LogP contribution is 2.45. The SMILES string of the molecule is CSC(=N)c1cc(Cc2c(F)cc3c(ccn3[Si](C(C)C)(C(C)C)C(C)C)c2Br)ccc1F.I. The van der Waals surface area contributed by atoms with Gasteiger partial charge in [-0.3, -0.25) is 5.41 Å². The molecule has 0 radical (unpaired) electrons. The molecule has 0 unspecified atom stereocenters. The van der Waals surface area contributed by atoms with Crippen LogP contribution in [0.5, 0.6) is 0 Å². The van der Waals surface area contributed by atoms with Gasteiger partial charge in [-0.05, 0) is 74.8 Å². The van der Waals surface area contributed by atoms with Gasteiger partial charge >= 0.3 is 0 Å². The molecule has 0 bridgehead atoms. The highest BCUT2D eigenvalue weighted by Gasteiger charge is 2.45. The molecule has 0 saturated heterocycles. The zero-order chi connectivity index (χ0) is 24.7. The monoisotopic (exact) mass is 678 g/mol. The normalized spacial score (nSPS) is 12.1. The fraction of sp³-hybridized carbons (Fsp3) is 0.423. The van der Waals surface area contributed by atoms with Crippen LogP contribution in [0, 0.1) is 17.0 Å². The third kappa shape index (κ3) is 5.06. The second kappa shape index (κ2) is 11.6. The average molecular weight is 680 g/mol. The topological polar surface area (TPSA) is 28.8 Å². The summed E-state index contributed by atoms with van der Waals surface area (Å²) in [4.78, 5) is 0. The van der Waals surface area contributed by atoms with Gasteiger partial charge in [0.25, 0.3) is 0 Å². The summed E-state index contributed by atoms with van der Waals surface area (Å²) in [6.07, 6.45) is 4.22. The molecule has 0 aliphatic rings. The van der Waals surface area contributed by atoms with Crippen LogP contribution < -0.4 is 0 Å². The van der Waals surface area contributed by atoms with Gasteiger partial charge in [-0.1, -0.05) is 47.6 Å². The number of halogens is 4. The second-order valence-corrected chi connectivity index (χ2v) is 17.0. The Morgan fingerprint density at radius 2 is 1.59 bits per heavy atom. The summed E-state index contributed by atoms with van der Waals surface area (Å²) in [7, 11) is -2.02. The van der Waals surface area contributed by atoms with Gasteiger partial charge in [-0.2, -0.15) is 0 Å². The van der Waals surface area contributed by atoms with Gasteiger partial charge in [0.05, 0.1) is 5.04 Å². The maximum Gasteiger partial charge on any atom is 0.169 e. The lowest BCUT2D eigenvalue weighted by atomic mass is 10.0. The summed E-state index contributed by atoms with van der Waals surface area (Å²) < 4.78 is 32.9. The third-order valence-electron chi connectivity index (χ3n) is 7.03. The van der Waals surface area contributed by atoms with Crippen molar-refractivity contribution in [3.8, 4) is 0 Å². The van der Waals surface area contributed by atoms with Gasteiger partial charge in [0.15, 0.2) is 8.24 Å². The van der Waals surface area contributed by atoms with Gasteiger partial charge in [0, 0.05) is 32.9 Å². The van der Waals surface area contributed by atoms with Crippen molar-refractivity contribution in [2.75, 3.05) is 6.26 Å². The fourth-order valence-electron chi connectivity index (χ4n) is 5.76. The Hall–Kier alpha value is -0.713. The Balaban J connectivity index is 0.00000408. The summed E-state index contributed by atoms with van der Waals surface area (Å²) in [5.41, 5.74) is 4.02. The van der Waals surface area contributed by atoms with Gasteiger partial charge in [0.2, 0.25) is 0 Å². The number of aromatic nitrogens is 1. The van der Waals surface area contributed by atoms with E-state index in [-0.39, 0.29) is 40.4 Å². The Labute approximate surface area is 233 Å². The van der Waals surface area contributed by atoms with Crippen LogP contribution in [0.3, 0.4) is 0 Å². The number of hydrogen-bond acceptors (Lipinski definition) is 2. The molecule has 1 heterocycles. The zero-order valence-corrected chi connectivity index (χ0v) is 26.5. The molecule has 3 aromatic rings. The van der Waals surface area contributed by atoms with E-state index < -0.39 is 14.1 Å². The summed E-state index contributed by atoms with van der Waals surface area (Å²) in [6.45, 7) is 13.8. The van der Waals surface area contributed by atoms with E-state index in [4.69, 9.17) is 5.41 Å². The van der Waals surface area contributed by atoms with E-state index in [2.05, 4.69) is 74.0 Å². The van der Waals surface area contributed by atoms with Crippen LogP contribution in [0.25, 0.3) is 10.9 Å². The molecular formula is C26H34BrF2IN2SSi. The smallest absolute Gasteiger partial charge is 0.169 e. The van der Waals surface area contributed by atoms with Crippen LogP contribution in [0.15, 0.2) is 41.0 Å². The van der Waals surface area contributed by atoms with Crippen LogP contribution in [-0.4, -0.2) is 23.8 Å². The molecule has 1 N–H and O–H groups in total. The third-order valence-corrected chi connectivity index (χ3v) is 15.3. The molecule has 8 heteroatoms. The van der Waals surface area contributed by atoms with Crippen LogP contribution >= 0.6 is 51.7 Å². The molecule has 0 fully saturated rings. The van der Waals surface area contributed by atoms with Crippen molar-refractivity contribution in [1.82, 2.24) is 4.23 Å². The number of benzene rings is 2. The lowest BCUT2D eigenvalue weighted by Crippen LogP contribution is -2.51. The largest absolute Gasteiger partial charge is 0.373 e. The molecule has 2 nitrogen and oxygen atoms in total. The van der Waals surface area contributed by atoms with E-state index in [1.165, 1.54) is 17.8 Å². The zero-order valence-electron chi connectivity index (χ0n) is 20.8. The lowest BCUT2D eigenvalue weighted by Gasteiger charge is -2.44. The van der Waals surface area contributed by atoms with Crippen LogP contribution in [0.2, 0.25) is 16.6 Å². The Bertz CT molecular complexity index is 1170. The minimum absolute atomic E-state index is 0. The first kappa shape index (κ1) is 29.5. The maximum atomic E-state index is 15.6. The molecule has 0 amide bonds. The van der Waals surface area contributed by atoms with E-state index in [9.17, 15) is 4.39 Å². The van der Waals surface area contributed by atoms with E-state index in [0.29, 0.717) is 28.6 Å². The van der Waals surface area contributed by atoms with Crippen molar-refractivity contribution < 1.29 is 8.78 Å². The minimum Gasteiger partial charge on any atom is -0.373 e. The summed E-state index contributed by atoms with van der Waals surface area (Å²) >= 11 is 4.89. The number of hydrogen-bond donors (Lipinski definition) is 1. The summed E-state index contributed by atoms with van der Waals surface area (Å²) in [5, 5.41) is 9.16. The first-order valence-corrected chi connectivity index (χ1v) is 15.6. The molecular weight excluding hydrogens is 645 g/mol. The van der Waals surface area contributed by atoms with E-state index in [1.54, 1.807) is 24.5 Å². The molecule has 0 atom stereocenters. The average Bonchev–Trinajstić information content (AvgIpc) is 3.15. The molecule has 3 rings (SSSR count). The Morgan fingerprint density at radius 3 is 2.12 bits per heavy atom. The van der Waals surface area contributed by atoms with E-state index >= 15 is 4.39 Å². The molecule has 186 valence electrons. The van der Waals surface area contributed by atoms with Crippen molar-refractivity contribution in [2.45, 2.75) is 64.6 Å². The number of fused-ring (bicyclic) bond motifs is 1. The first-order chi connectivity index (χ1) is 15.5. The van der Waals surface area contributed by atoms with Crippen molar-refractivity contribution in [3.05, 3.63) is 69.3 Å². The van der Waals surface area contributed by atoms with Crippen molar-refractivity contribution >= 4 is 75.9 Å². The minimum atomic E-state index is -2.02. The summed E-state index contributed by atoms with van der Waals surface area (Å²) in [5.74, 6) is -0.693. The first-order valence-electron chi connectivity index (χ1n) is 11.4.